The summed E-state index contributed by atoms with van der Waals surface area (Å²) in [5.41, 5.74) is 0.863. The Hall–Kier alpha value is -2.61. The van der Waals surface area contributed by atoms with Gasteiger partial charge in [0.15, 0.2) is 5.01 Å². The summed E-state index contributed by atoms with van der Waals surface area (Å²) in [7, 11) is 0. The van der Waals surface area contributed by atoms with E-state index in [1.54, 1.807) is 13.0 Å². The molecule has 2 aromatic heterocycles. The summed E-state index contributed by atoms with van der Waals surface area (Å²) in [6, 6.07) is 7.15. The van der Waals surface area contributed by atoms with Gasteiger partial charge in [0, 0.05) is 11.8 Å². The molecule has 0 saturated heterocycles. The molecule has 8 heteroatoms. The topological polar surface area (TPSA) is 73.6 Å². The normalized spacial score (nSPS) is 10.9. The van der Waals surface area contributed by atoms with Crippen LogP contribution in [0.4, 0.5) is 4.39 Å². The Balaban J connectivity index is 1.67. The highest BCUT2D eigenvalue weighted by atomic mass is 32.1. The van der Waals surface area contributed by atoms with Gasteiger partial charge < -0.3 is 4.74 Å². The lowest BCUT2D eigenvalue weighted by Crippen LogP contribution is -2.14. The molecule has 0 N–H and O–H groups in total. The number of ether oxygens (including phenoxy) is 1. The number of carbonyl (C=O) groups is 1. The Morgan fingerprint density at radius 1 is 1.39 bits per heavy atom. The molecular weight excluding hydrogens is 321 g/mol. The number of benzene rings is 1. The number of aryl methyl sites for hydroxylation is 1. The van der Waals surface area contributed by atoms with E-state index < -0.39 is 11.8 Å². The van der Waals surface area contributed by atoms with Crippen LogP contribution in [0.2, 0.25) is 0 Å². The Bertz CT molecular complexity index is 935. The minimum absolute atomic E-state index is 0.0278. The van der Waals surface area contributed by atoms with Crippen LogP contribution in [0.15, 0.2) is 35.1 Å². The van der Waals surface area contributed by atoms with Crippen LogP contribution in [0, 0.1) is 12.7 Å². The van der Waals surface area contributed by atoms with Crippen LogP contribution in [-0.4, -0.2) is 20.6 Å². The molecule has 23 heavy (non-hydrogen) atoms. The number of hydrogen-bond acceptors (Lipinski definition) is 6. The van der Waals surface area contributed by atoms with E-state index in [1.807, 2.05) is 0 Å². The molecule has 0 aliphatic heterocycles. The molecule has 0 spiro atoms. The largest absolute Gasteiger partial charge is 0.458 e. The molecule has 6 nitrogen and oxygen atoms in total. The highest BCUT2D eigenvalue weighted by Crippen LogP contribution is 2.13. The molecular formula is C15H12FN3O3S. The summed E-state index contributed by atoms with van der Waals surface area (Å²) < 4.78 is 19.3. The monoisotopic (exact) mass is 333 g/mol. The van der Waals surface area contributed by atoms with Gasteiger partial charge in [-0.15, -0.1) is 0 Å². The number of rotatable bonds is 4. The van der Waals surface area contributed by atoms with E-state index in [1.165, 1.54) is 40.1 Å². The first-order valence-corrected chi connectivity index (χ1v) is 7.59. The zero-order valence-electron chi connectivity index (χ0n) is 12.2. The fraction of sp³-hybridized carbons (Fsp3) is 0.200. The first-order chi connectivity index (χ1) is 11.0. The molecule has 0 saturated carbocycles. The van der Waals surface area contributed by atoms with Gasteiger partial charge in [0.25, 0.3) is 5.56 Å². The third-order valence-electron chi connectivity index (χ3n) is 3.01. The maximum absolute atomic E-state index is 13.1. The van der Waals surface area contributed by atoms with E-state index in [4.69, 9.17) is 4.74 Å². The van der Waals surface area contributed by atoms with Gasteiger partial charge in [-0.25, -0.2) is 9.37 Å². The number of hydrogen-bond donors (Lipinski definition) is 0. The van der Waals surface area contributed by atoms with Crippen molar-refractivity contribution >= 4 is 22.3 Å². The van der Waals surface area contributed by atoms with Gasteiger partial charge in [0.05, 0.1) is 6.42 Å². The van der Waals surface area contributed by atoms with E-state index in [0.717, 1.165) is 0 Å². The average molecular weight is 333 g/mol. The van der Waals surface area contributed by atoms with E-state index in [0.29, 0.717) is 21.2 Å². The van der Waals surface area contributed by atoms with Crippen molar-refractivity contribution in [3.05, 3.63) is 62.8 Å². The third kappa shape index (κ3) is 3.59. The second-order valence-electron chi connectivity index (χ2n) is 4.89. The van der Waals surface area contributed by atoms with Crippen LogP contribution in [0.5, 0.6) is 0 Å². The smallest absolute Gasteiger partial charge is 0.310 e. The molecule has 0 unspecified atom stereocenters. The van der Waals surface area contributed by atoms with Crippen molar-refractivity contribution in [3.8, 4) is 0 Å². The number of nitrogens with zero attached hydrogens (tertiary/aromatic N) is 3. The van der Waals surface area contributed by atoms with E-state index >= 15 is 0 Å². The van der Waals surface area contributed by atoms with Crippen LogP contribution in [0.25, 0.3) is 4.96 Å². The van der Waals surface area contributed by atoms with Gasteiger partial charge in [0.2, 0.25) is 4.96 Å². The second-order valence-corrected chi connectivity index (χ2v) is 5.93. The number of esters is 1. The van der Waals surface area contributed by atoms with E-state index in [2.05, 4.69) is 10.1 Å². The molecule has 0 aliphatic carbocycles. The molecule has 0 bridgehead atoms. The maximum atomic E-state index is 13.1. The molecule has 0 aliphatic rings. The summed E-state index contributed by atoms with van der Waals surface area (Å²) in [4.78, 5) is 28.2. The fourth-order valence-electron chi connectivity index (χ4n) is 2.03. The van der Waals surface area contributed by atoms with Gasteiger partial charge >= 0.3 is 5.97 Å². The highest BCUT2D eigenvalue weighted by Gasteiger charge is 2.11. The lowest BCUT2D eigenvalue weighted by molar-refractivity contribution is -0.144. The van der Waals surface area contributed by atoms with Gasteiger partial charge in [-0.3, -0.25) is 9.59 Å². The van der Waals surface area contributed by atoms with Crippen molar-refractivity contribution in [3.63, 3.8) is 0 Å². The Kier molecular flexibility index (Phi) is 4.16. The Morgan fingerprint density at radius 2 is 2.22 bits per heavy atom. The summed E-state index contributed by atoms with van der Waals surface area (Å²) in [5, 5.41) is 4.53. The van der Waals surface area contributed by atoms with Crippen molar-refractivity contribution in [1.29, 1.82) is 0 Å². The third-order valence-corrected chi connectivity index (χ3v) is 3.89. The predicted octanol–water partition coefficient (Wildman–Crippen LogP) is 1.88. The average Bonchev–Trinajstić information content (AvgIpc) is 2.88. The van der Waals surface area contributed by atoms with Gasteiger partial charge in [-0.1, -0.05) is 23.5 Å². The number of fused-ring (bicyclic) bond motifs is 1. The SMILES string of the molecule is Cc1cc(=O)n2nc(COC(=O)Cc3cccc(F)c3)sc2n1. The summed E-state index contributed by atoms with van der Waals surface area (Å²) >= 11 is 1.18. The zero-order chi connectivity index (χ0) is 16.4. The molecule has 3 rings (SSSR count). The molecule has 1 aromatic carbocycles. The summed E-state index contributed by atoms with van der Waals surface area (Å²) in [5.74, 6) is -0.895. The lowest BCUT2D eigenvalue weighted by atomic mass is 10.1. The van der Waals surface area contributed by atoms with Gasteiger partial charge in [-0.05, 0) is 24.6 Å². The van der Waals surface area contributed by atoms with Gasteiger partial charge in [-0.2, -0.15) is 9.61 Å². The molecule has 0 radical (unpaired) electrons. The highest BCUT2D eigenvalue weighted by molar-refractivity contribution is 7.16. The van der Waals surface area contributed by atoms with Crippen LogP contribution in [0.3, 0.4) is 0 Å². The lowest BCUT2D eigenvalue weighted by Gasteiger charge is -2.02. The fourth-order valence-corrected chi connectivity index (χ4v) is 2.88. The van der Waals surface area contributed by atoms with Crippen molar-refractivity contribution < 1.29 is 13.9 Å². The van der Waals surface area contributed by atoms with Crippen LogP contribution >= 0.6 is 11.3 Å². The Labute approximate surface area is 134 Å². The summed E-state index contributed by atoms with van der Waals surface area (Å²) in [6.07, 6.45) is -0.0278. The van der Waals surface area contributed by atoms with Crippen LogP contribution in [-0.2, 0) is 22.6 Å². The molecule has 0 atom stereocenters. The minimum Gasteiger partial charge on any atom is -0.458 e. The molecule has 3 aromatic rings. The first kappa shape index (κ1) is 15.3. The van der Waals surface area contributed by atoms with Crippen molar-refractivity contribution in [2.45, 2.75) is 20.0 Å². The molecule has 2 heterocycles. The summed E-state index contributed by atoms with van der Waals surface area (Å²) in [6.45, 7) is 1.67. The van der Waals surface area contributed by atoms with E-state index in [9.17, 15) is 14.0 Å². The quantitative estimate of drug-likeness (QED) is 0.682. The maximum Gasteiger partial charge on any atom is 0.310 e. The second kappa shape index (κ2) is 6.25. The standard InChI is InChI=1S/C15H12FN3O3S/c1-9-5-13(20)19-15(17-9)23-12(18-19)8-22-14(21)7-10-3-2-4-11(16)6-10/h2-6H,7-8H2,1H3. The molecule has 118 valence electrons. The van der Waals surface area contributed by atoms with Crippen molar-refractivity contribution in [2.24, 2.45) is 0 Å². The van der Waals surface area contributed by atoms with Crippen molar-refractivity contribution in [2.75, 3.05) is 0 Å². The van der Waals surface area contributed by atoms with Crippen LogP contribution < -0.4 is 5.56 Å². The van der Waals surface area contributed by atoms with Crippen molar-refractivity contribution in [1.82, 2.24) is 14.6 Å². The predicted molar refractivity (Wildman–Crippen MR) is 81.8 cm³/mol. The molecule has 0 fully saturated rings. The number of halogens is 1. The Morgan fingerprint density at radius 3 is 3.00 bits per heavy atom. The first-order valence-electron chi connectivity index (χ1n) is 6.78. The number of aromatic nitrogens is 3. The van der Waals surface area contributed by atoms with Gasteiger partial charge in [0.1, 0.15) is 12.4 Å². The molecule has 0 amide bonds. The zero-order valence-corrected chi connectivity index (χ0v) is 13.0. The number of carbonyl (C=O) groups excluding carboxylic acids is 1. The van der Waals surface area contributed by atoms with Crippen LogP contribution in [0.1, 0.15) is 16.3 Å². The van der Waals surface area contributed by atoms with E-state index in [-0.39, 0.29) is 18.6 Å². The minimum atomic E-state index is -0.494.